The molecule has 0 saturated heterocycles. The quantitative estimate of drug-likeness (QED) is 0.778. The molecule has 1 amide bonds. The third-order valence-electron chi connectivity index (χ3n) is 3.22. The Labute approximate surface area is 95.0 Å². The number of amides is 1. The third-order valence-corrected chi connectivity index (χ3v) is 3.61. The molecular formula is C11H20BrNO. The summed E-state index contributed by atoms with van der Waals surface area (Å²) in [6, 6.07) is 0. The minimum atomic E-state index is 0.189. The lowest BCUT2D eigenvalue weighted by Crippen LogP contribution is -2.41. The van der Waals surface area contributed by atoms with E-state index in [1.807, 2.05) is 0 Å². The highest BCUT2D eigenvalue weighted by Gasteiger charge is 2.36. The van der Waals surface area contributed by atoms with Crippen molar-refractivity contribution in [1.29, 1.82) is 0 Å². The minimum Gasteiger partial charge on any atom is -0.355 e. The molecule has 3 heteroatoms. The molecule has 0 aliphatic heterocycles. The Hall–Kier alpha value is -0.0500. The van der Waals surface area contributed by atoms with Crippen LogP contribution in [0.25, 0.3) is 0 Å². The Kier molecular flexibility index (Phi) is 4.42. The zero-order valence-corrected chi connectivity index (χ0v) is 10.7. The third kappa shape index (κ3) is 2.97. The van der Waals surface area contributed by atoms with E-state index in [1.54, 1.807) is 0 Å². The second kappa shape index (κ2) is 5.15. The molecule has 82 valence electrons. The second-order valence-corrected chi connectivity index (χ2v) is 5.56. The van der Waals surface area contributed by atoms with Crippen LogP contribution in [0.3, 0.4) is 0 Å². The molecule has 0 spiro atoms. The molecule has 1 saturated carbocycles. The number of carbonyl (C=O) groups excluding carboxylic acids is 1. The molecule has 1 N–H and O–H groups in total. The number of carbonyl (C=O) groups is 1. The topological polar surface area (TPSA) is 29.1 Å². The first-order valence-electron chi connectivity index (χ1n) is 5.41. The normalized spacial score (nSPS) is 25.8. The fourth-order valence-electron chi connectivity index (χ4n) is 2.27. The Morgan fingerprint density at radius 2 is 2.21 bits per heavy atom. The van der Waals surface area contributed by atoms with Crippen LogP contribution in [0.15, 0.2) is 0 Å². The zero-order valence-electron chi connectivity index (χ0n) is 9.11. The smallest absolute Gasteiger partial charge is 0.223 e. The van der Waals surface area contributed by atoms with Gasteiger partial charge < -0.3 is 5.32 Å². The summed E-state index contributed by atoms with van der Waals surface area (Å²) in [4.78, 5) is 11.8. The van der Waals surface area contributed by atoms with E-state index in [0.29, 0.717) is 0 Å². The van der Waals surface area contributed by atoms with Crippen molar-refractivity contribution in [3.8, 4) is 0 Å². The van der Waals surface area contributed by atoms with Gasteiger partial charge in [-0.05, 0) is 18.3 Å². The zero-order chi connectivity index (χ0) is 10.6. The summed E-state index contributed by atoms with van der Waals surface area (Å²) in [6.07, 6.45) is 4.71. The van der Waals surface area contributed by atoms with E-state index in [-0.39, 0.29) is 17.2 Å². The average molecular weight is 262 g/mol. The molecule has 0 aromatic carbocycles. The first-order chi connectivity index (χ1) is 6.58. The van der Waals surface area contributed by atoms with Gasteiger partial charge in [-0.25, -0.2) is 0 Å². The van der Waals surface area contributed by atoms with Gasteiger partial charge in [0.05, 0.1) is 0 Å². The van der Waals surface area contributed by atoms with E-state index in [0.717, 1.165) is 18.3 Å². The van der Waals surface area contributed by atoms with E-state index in [1.165, 1.54) is 19.3 Å². The van der Waals surface area contributed by atoms with Crippen molar-refractivity contribution in [2.45, 2.75) is 39.5 Å². The molecule has 1 rings (SSSR count). The lowest BCUT2D eigenvalue weighted by atomic mass is 9.68. The highest BCUT2D eigenvalue weighted by atomic mass is 79.9. The molecule has 0 bridgehead atoms. The number of alkyl halides is 1. The first-order valence-corrected chi connectivity index (χ1v) is 6.54. The fourth-order valence-corrected chi connectivity index (χ4v) is 2.47. The molecule has 0 radical (unpaired) electrons. The largest absolute Gasteiger partial charge is 0.355 e. The number of hydrogen-bond donors (Lipinski definition) is 1. The van der Waals surface area contributed by atoms with Crippen LogP contribution in [0, 0.1) is 11.3 Å². The molecule has 0 heterocycles. The van der Waals surface area contributed by atoms with E-state index >= 15 is 0 Å². The van der Waals surface area contributed by atoms with Gasteiger partial charge >= 0.3 is 0 Å². The fraction of sp³-hybridized carbons (Fsp3) is 0.909. The van der Waals surface area contributed by atoms with E-state index < -0.39 is 0 Å². The number of nitrogens with one attached hydrogen (secondary N) is 1. The molecule has 1 aliphatic carbocycles. The standard InChI is InChI=1S/C11H20BrNO/c1-11(2)6-4-3-5-9(11)10(14)13-8-7-12/h9H,3-8H2,1-2H3,(H,13,14). The van der Waals surface area contributed by atoms with Gasteiger partial charge in [-0.1, -0.05) is 42.6 Å². The van der Waals surface area contributed by atoms with Crippen LogP contribution < -0.4 is 5.32 Å². The van der Waals surface area contributed by atoms with Crippen molar-refractivity contribution in [1.82, 2.24) is 5.32 Å². The second-order valence-electron chi connectivity index (χ2n) is 4.77. The van der Waals surface area contributed by atoms with Crippen molar-refractivity contribution in [2.24, 2.45) is 11.3 Å². The Balaban J connectivity index is 2.51. The summed E-state index contributed by atoms with van der Waals surface area (Å²) in [5, 5.41) is 3.81. The van der Waals surface area contributed by atoms with Crippen molar-refractivity contribution in [2.75, 3.05) is 11.9 Å². The summed E-state index contributed by atoms with van der Waals surface area (Å²) in [5.74, 6) is 0.462. The molecule has 1 unspecified atom stereocenters. The molecular weight excluding hydrogens is 242 g/mol. The predicted molar refractivity (Wildman–Crippen MR) is 62.5 cm³/mol. The summed E-state index contributed by atoms with van der Waals surface area (Å²) in [7, 11) is 0. The summed E-state index contributed by atoms with van der Waals surface area (Å²) >= 11 is 3.32. The van der Waals surface area contributed by atoms with Crippen molar-refractivity contribution in [3.05, 3.63) is 0 Å². The van der Waals surface area contributed by atoms with Crippen LogP contribution in [-0.4, -0.2) is 17.8 Å². The number of rotatable bonds is 3. The maximum absolute atomic E-state index is 11.8. The van der Waals surface area contributed by atoms with Crippen molar-refractivity contribution >= 4 is 21.8 Å². The number of halogens is 1. The van der Waals surface area contributed by atoms with Crippen molar-refractivity contribution in [3.63, 3.8) is 0 Å². The molecule has 1 fully saturated rings. The van der Waals surface area contributed by atoms with Gasteiger partial charge in [0.15, 0.2) is 0 Å². The van der Waals surface area contributed by atoms with Crippen LogP contribution >= 0.6 is 15.9 Å². The Morgan fingerprint density at radius 3 is 2.79 bits per heavy atom. The lowest BCUT2D eigenvalue weighted by molar-refractivity contribution is -0.130. The maximum Gasteiger partial charge on any atom is 0.223 e. The lowest BCUT2D eigenvalue weighted by Gasteiger charge is -2.37. The molecule has 1 aliphatic rings. The van der Waals surface area contributed by atoms with Gasteiger partial charge in [0.1, 0.15) is 0 Å². The first kappa shape index (κ1) is 12.0. The highest BCUT2D eigenvalue weighted by Crippen LogP contribution is 2.40. The molecule has 14 heavy (non-hydrogen) atoms. The van der Waals surface area contributed by atoms with Crippen LogP contribution in [0.1, 0.15) is 39.5 Å². The van der Waals surface area contributed by atoms with Gasteiger partial charge in [0, 0.05) is 17.8 Å². The highest BCUT2D eigenvalue weighted by molar-refractivity contribution is 9.09. The SMILES string of the molecule is CC1(C)CCCCC1C(=O)NCCBr. The molecule has 1 atom stereocenters. The van der Waals surface area contributed by atoms with Gasteiger partial charge in [-0.15, -0.1) is 0 Å². The predicted octanol–water partition coefficient (Wildman–Crippen LogP) is 2.71. The van der Waals surface area contributed by atoms with E-state index in [9.17, 15) is 4.79 Å². The molecule has 0 aromatic rings. The van der Waals surface area contributed by atoms with E-state index in [4.69, 9.17) is 0 Å². The van der Waals surface area contributed by atoms with E-state index in [2.05, 4.69) is 35.1 Å². The summed E-state index contributed by atoms with van der Waals surface area (Å²) in [6.45, 7) is 5.17. The van der Waals surface area contributed by atoms with Gasteiger partial charge in [0.25, 0.3) is 0 Å². The van der Waals surface area contributed by atoms with Crippen molar-refractivity contribution < 1.29 is 4.79 Å². The van der Waals surface area contributed by atoms with Crippen LogP contribution in [0.4, 0.5) is 0 Å². The summed E-state index contributed by atoms with van der Waals surface area (Å²) in [5.41, 5.74) is 0.189. The van der Waals surface area contributed by atoms with Crippen LogP contribution in [0.5, 0.6) is 0 Å². The Bertz CT molecular complexity index is 203. The summed E-state index contributed by atoms with van der Waals surface area (Å²) < 4.78 is 0. The molecule has 2 nitrogen and oxygen atoms in total. The van der Waals surface area contributed by atoms with Gasteiger partial charge in [0.2, 0.25) is 5.91 Å². The Morgan fingerprint density at radius 1 is 1.50 bits per heavy atom. The number of hydrogen-bond acceptors (Lipinski definition) is 1. The molecule has 0 aromatic heterocycles. The van der Waals surface area contributed by atoms with Gasteiger partial charge in [-0.2, -0.15) is 0 Å². The minimum absolute atomic E-state index is 0.189. The average Bonchev–Trinajstić information content (AvgIpc) is 2.13. The van der Waals surface area contributed by atoms with Gasteiger partial charge in [-0.3, -0.25) is 4.79 Å². The van der Waals surface area contributed by atoms with Crippen LogP contribution in [-0.2, 0) is 4.79 Å². The van der Waals surface area contributed by atoms with Crippen LogP contribution in [0.2, 0.25) is 0 Å². The monoisotopic (exact) mass is 261 g/mol. The maximum atomic E-state index is 11.8.